The Bertz CT molecular complexity index is 774. The van der Waals surface area contributed by atoms with Crippen molar-refractivity contribution in [1.29, 1.82) is 0 Å². The second kappa shape index (κ2) is 7.42. The monoisotopic (exact) mass is 377 g/mol. The van der Waals surface area contributed by atoms with Gasteiger partial charge in [0.05, 0.1) is 0 Å². The molecule has 0 radical (unpaired) electrons. The Morgan fingerprint density at radius 1 is 1.11 bits per heavy atom. The molecule has 0 amide bonds. The second-order valence-corrected chi connectivity index (χ2v) is 7.34. The minimum atomic E-state index is -4.39. The van der Waals surface area contributed by atoms with E-state index in [0.717, 1.165) is 49.2 Å². The minimum absolute atomic E-state index is 0.267. The van der Waals surface area contributed by atoms with Crippen molar-refractivity contribution < 1.29 is 13.2 Å². The van der Waals surface area contributed by atoms with Gasteiger partial charge in [-0.15, -0.1) is 0 Å². The molecule has 0 aromatic carbocycles. The van der Waals surface area contributed by atoms with Crippen LogP contribution in [0.3, 0.4) is 0 Å². The number of halogens is 3. The summed E-state index contributed by atoms with van der Waals surface area (Å²) in [6.45, 7) is 2.35. The van der Waals surface area contributed by atoms with Crippen LogP contribution in [-0.2, 0) is 12.7 Å². The lowest BCUT2D eigenvalue weighted by Crippen LogP contribution is -2.41. The number of hydrogen-bond acceptors (Lipinski definition) is 5. The molecule has 1 saturated heterocycles. The van der Waals surface area contributed by atoms with Crippen LogP contribution in [0.25, 0.3) is 0 Å². The van der Waals surface area contributed by atoms with Crippen molar-refractivity contribution in [3.05, 3.63) is 47.7 Å². The highest BCUT2D eigenvalue weighted by Gasteiger charge is 2.32. The zero-order valence-corrected chi connectivity index (χ0v) is 14.9. The Balaban J connectivity index is 1.34. The van der Waals surface area contributed by atoms with Crippen molar-refractivity contribution in [1.82, 2.24) is 19.9 Å². The molecule has 2 aromatic heterocycles. The lowest BCUT2D eigenvalue weighted by molar-refractivity contribution is -0.141. The van der Waals surface area contributed by atoms with Gasteiger partial charge in [-0.1, -0.05) is 6.07 Å². The van der Waals surface area contributed by atoms with Gasteiger partial charge in [0.1, 0.15) is 17.3 Å². The lowest BCUT2D eigenvalue weighted by Gasteiger charge is -2.33. The van der Waals surface area contributed by atoms with E-state index in [1.54, 1.807) is 6.20 Å². The van der Waals surface area contributed by atoms with Gasteiger partial charge in [-0.2, -0.15) is 13.2 Å². The highest BCUT2D eigenvalue weighted by atomic mass is 19.4. The number of alkyl halides is 3. The first-order chi connectivity index (χ1) is 13.0. The van der Waals surface area contributed by atoms with E-state index in [9.17, 15) is 13.2 Å². The third-order valence-corrected chi connectivity index (χ3v) is 5.00. The number of nitrogens with zero attached hydrogens (tertiary/aromatic N) is 4. The van der Waals surface area contributed by atoms with Gasteiger partial charge in [0.15, 0.2) is 0 Å². The zero-order valence-electron chi connectivity index (χ0n) is 14.9. The highest BCUT2D eigenvalue weighted by molar-refractivity contribution is 5.35. The van der Waals surface area contributed by atoms with E-state index in [2.05, 4.69) is 25.2 Å². The molecule has 1 aliphatic carbocycles. The van der Waals surface area contributed by atoms with Gasteiger partial charge in [0.2, 0.25) is 0 Å². The predicted octanol–water partition coefficient (Wildman–Crippen LogP) is 3.84. The standard InChI is InChI=1S/C19H22F3N5/c20-19(21,22)16-6-3-13(10-24-16)11-27-9-1-2-15(12-27)25-17-7-8-23-18(26-17)14-4-5-14/h3,6-8,10,14-15H,1-2,4-5,9,11-12H2,(H,23,25,26). The summed E-state index contributed by atoms with van der Waals surface area (Å²) in [4.78, 5) is 14.7. The summed E-state index contributed by atoms with van der Waals surface area (Å²) in [5.41, 5.74) is -0.0543. The van der Waals surface area contributed by atoms with Gasteiger partial charge in [0.25, 0.3) is 0 Å². The molecule has 0 spiro atoms. The molecule has 27 heavy (non-hydrogen) atoms. The molecule has 1 N–H and O–H groups in total. The fourth-order valence-corrected chi connectivity index (χ4v) is 3.46. The molecule has 1 saturated carbocycles. The van der Waals surface area contributed by atoms with Crippen LogP contribution >= 0.6 is 0 Å². The lowest BCUT2D eigenvalue weighted by atomic mass is 10.0. The Hall–Kier alpha value is -2.22. The summed E-state index contributed by atoms with van der Waals surface area (Å²) in [6.07, 6.45) is 3.15. The summed E-state index contributed by atoms with van der Waals surface area (Å²) in [5.74, 6) is 2.29. The van der Waals surface area contributed by atoms with E-state index in [1.807, 2.05) is 6.07 Å². The van der Waals surface area contributed by atoms with Crippen LogP contribution in [0.5, 0.6) is 0 Å². The summed E-state index contributed by atoms with van der Waals surface area (Å²) < 4.78 is 37.9. The summed E-state index contributed by atoms with van der Waals surface area (Å²) in [5, 5.41) is 3.49. The predicted molar refractivity (Wildman–Crippen MR) is 95.2 cm³/mol. The van der Waals surface area contributed by atoms with Crippen LogP contribution < -0.4 is 5.32 Å². The molecule has 4 rings (SSSR count). The molecule has 1 atom stereocenters. The molecule has 144 valence electrons. The van der Waals surface area contributed by atoms with Crippen molar-refractivity contribution in [2.75, 3.05) is 18.4 Å². The van der Waals surface area contributed by atoms with Crippen LogP contribution in [-0.4, -0.2) is 39.0 Å². The summed E-state index contributed by atoms with van der Waals surface area (Å²) in [6, 6.07) is 4.72. The topological polar surface area (TPSA) is 53.9 Å². The van der Waals surface area contributed by atoms with Gasteiger partial charge in [-0.25, -0.2) is 9.97 Å². The van der Waals surface area contributed by atoms with Gasteiger partial charge in [-0.3, -0.25) is 9.88 Å². The smallest absolute Gasteiger partial charge is 0.366 e. The van der Waals surface area contributed by atoms with Gasteiger partial charge in [0, 0.05) is 37.4 Å². The molecule has 3 heterocycles. The van der Waals surface area contributed by atoms with Crippen LogP contribution in [0.4, 0.5) is 19.0 Å². The molecule has 0 bridgehead atoms. The van der Waals surface area contributed by atoms with E-state index in [1.165, 1.54) is 25.1 Å². The maximum atomic E-state index is 12.6. The molecular weight excluding hydrogens is 355 g/mol. The highest BCUT2D eigenvalue weighted by Crippen LogP contribution is 2.38. The SMILES string of the molecule is FC(F)(F)c1ccc(CN2CCCC(Nc3ccnc(C4CC4)n3)C2)cn1. The summed E-state index contributed by atoms with van der Waals surface area (Å²) in [7, 11) is 0. The zero-order chi connectivity index (χ0) is 18.9. The van der Waals surface area contributed by atoms with E-state index >= 15 is 0 Å². The first kappa shape index (κ1) is 18.2. The van der Waals surface area contributed by atoms with Gasteiger partial charge >= 0.3 is 6.18 Å². The Labute approximate surface area is 156 Å². The van der Waals surface area contributed by atoms with E-state index in [0.29, 0.717) is 12.5 Å². The first-order valence-electron chi connectivity index (χ1n) is 9.31. The first-order valence-corrected chi connectivity index (χ1v) is 9.31. The van der Waals surface area contributed by atoms with Crippen LogP contribution in [0, 0.1) is 0 Å². The number of likely N-dealkylation sites (tertiary alicyclic amines) is 1. The van der Waals surface area contributed by atoms with Crippen molar-refractivity contribution in [2.24, 2.45) is 0 Å². The van der Waals surface area contributed by atoms with Crippen molar-refractivity contribution in [3.8, 4) is 0 Å². The third-order valence-electron chi connectivity index (χ3n) is 5.00. The number of nitrogens with one attached hydrogen (secondary N) is 1. The van der Waals surface area contributed by atoms with E-state index in [4.69, 9.17) is 0 Å². The van der Waals surface area contributed by atoms with Crippen LogP contribution in [0.15, 0.2) is 30.6 Å². The Kier molecular flexibility index (Phi) is 4.99. The molecule has 1 unspecified atom stereocenters. The molecule has 8 heteroatoms. The number of piperidine rings is 1. The largest absolute Gasteiger partial charge is 0.433 e. The maximum absolute atomic E-state index is 12.6. The van der Waals surface area contributed by atoms with Gasteiger partial charge < -0.3 is 5.32 Å². The van der Waals surface area contributed by atoms with Gasteiger partial charge in [-0.05, 0) is 49.9 Å². The van der Waals surface area contributed by atoms with E-state index < -0.39 is 11.9 Å². The summed E-state index contributed by atoms with van der Waals surface area (Å²) >= 11 is 0. The molecular formula is C19H22F3N5. The molecule has 2 aliphatic rings. The molecule has 1 aliphatic heterocycles. The van der Waals surface area contributed by atoms with Crippen molar-refractivity contribution in [3.63, 3.8) is 0 Å². The average molecular weight is 377 g/mol. The fourth-order valence-electron chi connectivity index (χ4n) is 3.46. The number of aromatic nitrogens is 3. The Morgan fingerprint density at radius 3 is 2.67 bits per heavy atom. The second-order valence-electron chi connectivity index (χ2n) is 7.34. The minimum Gasteiger partial charge on any atom is -0.366 e. The quantitative estimate of drug-likeness (QED) is 0.858. The van der Waals surface area contributed by atoms with E-state index in [-0.39, 0.29) is 6.04 Å². The molecule has 2 aromatic rings. The third kappa shape index (κ3) is 4.74. The van der Waals surface area contributed by atoms with Crippen molar-refractivity contribution >= 4 is 5.82 Å². The number of hydrogen-bond donors (Lipinski definition) is 1. The molecule has 2 fully saturated rings. The van der Waals surface area contributed by atoms with Crippen LogP contribution in [0.1, 0.15) is 48.7 Å². The van der Waals surface area contributed by atoms with Crippen molar-refractivity contribution in [2.45, 2.75) is 50.4 Å². The van der Waals surface area contributed by atoms with Crippen LogP contribution in [0.2, 0.25) is 0 Å². The number of pyridine rings is 1. The number of anilines is 1. The molecule has 5 nitrogen and oxygen atoms in total. The maximum Gasteiger partial charge on any atom is 0.433 e. The average Bonchev–Trinajstić information content (AvgIpc) is 3.47. The normalized spacial score (nSPS) is 21.2. The number of rotatable bonds is 5. The Morgan fingerprint density at radius 2 is 1.96 bits per heavy atom. The fraction of sp³-hybridized carbons (Fsp3) is 0.526.